The van der Waals surface area contributed by atoms with Crippen molar-refractivity contribution in [2.45, 2.75) is 33.2 Å². The van der Waals surface area contributed by atoms with E-state index in [9.17, 15) is 9.59 Å². The van der Waals surface area contributed by atoms with Crippen molar-refractivity contribution in [3.63, 3.8) is 0 Å². The molecule has 2 aromatic rings. The molecule has 0 radical (unpaired) electrons. The predicted molar refractivity (Wildman–Crippen MR) is 87.0 cm³/mol. The normalized spacial score (nSPS) is 20.3. The smallest absolute Gasteiger partial charge is 0.261 e. The maximum absolute atomic E-state index is 12.5. The number of rotatable bonds is 4. The van der Waals surface area contributed by atoms with E-state index in [2.05, 4.69) is 15.5 Å². The van der Waals surface area contributed by atoms with Gasteiger partial charge in [-0.05, 0) is 32.4 Å². The Hall–Kier alpha value is -2.41. The molecule has 2 aromatic heterocycles. The molecule has 0 aromatic carbocycles. The van der Waals surface area contributed by atoms with Gasteiger partial charge in [-0.15, -0.1) is 0 Å². The van der Waals surface area contributed by atoms with Crippen molar-refractivity contribution >= 4 is 5.91 Å². The third-order valence-corrected chi connectivity index (χ3v) is 4.25. The van der Waals surface area contributed by atoms with Gasteiger partial charge in [-0.1, -0.05) is 5.16 Å². The number of aromatic amines is 1. The van der Waals surface area contributed by atoms with Gasteiger partial charge < -0.3 is 19.6 Å². The first-order valence-corrected chi connectivity index (χ1v) is 7.95. The molecular formula is C17H21N3O4. The summed E-state index contributed by atoms with van der Waals surface area (Å²) < 4.78 is 10.7. The largest absolute Gasteiger partial charge is 0.379 e. The van der Waals surface area contributed by atoms with Gasteiger partial charge in [-0.25, -0.2) is 0 Å². The van der Waals surface area contributed by atoms with Crippen LogP contribution in [0.2, 0.25) is 0 Å². The van der Waals surface area contributed by atoms with E-state index >= 15 is 0 Å². The fraction of sp³-hybridized carbons (Fsp3) is 0.471. The van der Waals surface area contributed by atoms with Crippen molar-refractivity contribution in [1.29, 1.82) is 0 Å². The Balaban J connectivity index is 1.72. The van der Waals surface area contributed by atoms with E-state index in [1.54, 1.807) is 19.9 Å². The number of aryl methyl sites for hydroxylation is 3. The molecule has 3 rings (SSSR count). The molecule has 0 aliphatic carbocycles. The standard InChI is InChI=1S/C17H21N3O4/c1-9-4-10(2)18-16(21)15(9)17(22)19-14-8-23-7-12(14)6-13-5-11(3)20-24-13/h4-5,12,14H,6-8H2,1-3H3,(H,18,21)(H,19,22)/t12-,14+/m0/s1. The molecule has 2 N–H and O–H groups in total. The summed E-state index contributed by atoms with van der Waals surface area (Å²) in [4.78, 5) is 27.3. The quantitative estimate of drug-likeness (QED) is 0.879. The Morgan fingerprint density at radius 2 is 2.12 bits per heavy atom. The second-order valence-corrected chi connectivity index (χ2v) is 6.36. The van der Waals surface area contributed by atoms with E-state index in [4.69, 9.17) is 9.26 Å². The maximum Gasteiger partial charge on any atom is 0.261 e. The van der Waals surface area contributed by atoms with E-state index in [-0.39, 0.29) is 29.0 Å². The highest BCUT2D eigenvalue weighted by Gasteiger charge is 2.31. The van der Waals surface area contributed by atoms with Gasteiger partial charge in [0.05, 0.1) is 24.9 Å². The minimum Gasteiger partial charge on any atom is -0.379 e. The van der Waals surface area contributed by atoms with E-state index < -0.39 is 0 Å². The molecule has 1 saturated heterocycles. The highest BCUT2D eigenvalue weighted by Crippen LogP contribution is 2.20. The third-order valence-electron chi connectivity index (χ3n) is 4.25. The molecule has 1 aliphatic heterocycles. The first-order valence-electron chi connectivity index (χ1n) is 7.95. The highest BCUT2D eigenvalue weighted by molar-refractivity contribution is 5.95. The summed E-state index contributed by atoms with van der Waals surface area (Å²) in [6, 6.07) is 3.51. The number of carbonyl (C=O) groups excluding carboxylic acids is 1. The number of H-pyrrole nitrogens is 1. The molecule has 1 fully saturated rings. The third kappa shape index (κ3) is 3.41. The summed E-state index contributed by atoms with van der Waals surface area (Å²) in [7, 11) is 0. The summed E-state index contributed by atoms with van der Waals surface area (Å²) in [5.74, 6) is 0.487. The van der Waals surface area contributed by atoms with Crippen LogP contribution in [0.4, 0.5) is 0 Å². The number of hydrogen-bond donors (Lipinski definition) is 2. The maximum atomic E-state index is 12.5. The second-order valence-electron chi connectivity index (χ2n) is 6.36. The van der Waals surface area contributed by atoms with Gasteiger partial charge in [0, 0.05) is 24.1 Å². The molecule has 24 heavy (non-hydrogen) atoms. The molecule has 0 spiro atoms. The number of carbonyl (C=O) groups is 1. The average molecular weight is 331 g/mol. The van der Waals surface area contributed by atoms with Crippen molar-refractivity contribution in [1.82, 2.24) is 15.5 Å². The van der Waals surface area contributed by atoms with Crippen molar-refractivity contribution < 1.29 is 14.1 Å². The minimum absolute atomic E-state index is 0.0890. The highest BCUT2D eigenvalue weighted by atomic mass is 16.5. The van der Waals surface area contributed by atoms with Crippen LogP contribution in [0.25, 0.3) is 0 Å². The first-order chi connectivity index (χ1) is 11.4. The molecule has 7 nitrogen and oxygen atoms in total. The van der Waals surface area contributed by atoms with Crippen LogP contribution in [0.15, 0.2) is 21.5 Å². The Kier molecular flexibility index (Phi) is 4.53. The van der Waals surface area contributed by atoms with Crippen LogP contribution in [0, 0.1) is 26.7 Å². The zero-order chi connectivity index (χ0) is 17.3. The number of amides is 1. The van der Waals surface area contributed by atoms with Gasteiger partial charge in [0.2, 0.25) is 0 Å². The fourth-order valence-electron chi connectivity index (χ4n) is 3.11. The summed E-state index contributed by atoms with van der Waals surface area (Å²) in [6.45, 7) is 6.37. The SMILES string of the molecule is Cc1cc(C[C@H]2COC[C@H]2NC(=O)c2c(C)cc(C)[nH]c2=O)on1. The van der Waals surface area contributed by atoms with Crippen LogP contribution in [0.1, 0.15) is 33.1 Å². The topological polar surface area (TPSA) is 97.2 Å². The van der Waals surface area contributed by atoms with Crippen LogP contribution in [-0.2, 0) is 11.2 Å². The van der Waals surface area contributed by atoms with E-state index in [0.29, 0.717) is 25.2 Å². The lowest BCUT2D eigenvalue weighted by atomic mass is 9.97. The van der Waals surface area contributed by atoms with Gasteiger partial charge in [0.1, 0.15) is 11.3 Å². The number of ether oxygens (including phenoxy) is 1. The fourth-order valence-corrected chi connectivity index (χ4v) is 3.11. The number of pyridine rings is 1. The first kappa shape index (κ1) is 16.4. The van der Waals surface area contributed by atoms with E-state index in [0.717, 1.165) is 17.1 Å². The van der Waals surface area contributed by atoms with Gasteiger partial charge >= 0.3 is 0 Å². The molecule has 1 amide bonds. The molecule has 128 valence electrons. The molecule has 3 heterocycles. The molecule has 7 heteroatoms. The van der Waals surface area contributed by atoms with Crippen molar-refractivity contribution in [2.75, 3.05) is 13.2 Å². The summed E-state index contributed by atoms with van der Waals surface area (Å²) >= 11 is 0. The Morgan fingerprint density at radius 1 is 1.33 bits per heavy atom. The van der Waals surface area contributed by atoms with Gasteiger partial charge in [-0.3, -0.25) is 9.59 Å². The molecular weight excluding hydrogens is 310 g/mol. The zero-order valence-electron chi connectivity index (χ0n) is 14.0. The van der Waals surface area contributed by atoms with Crippen LogP contribution < -0.4 is 10.9 Å². The van der Waals surface area contributed by atoms with Crippen LogP contribution in [-0.4, -0.2) is 35.3 Å². The summed E-state index contributed by atoms with van der Waals surface area (Å²) in [6.07, 6.45) is 0.634. The summed E-state index contributed by atoms with van der Waals surface area (Å²) in [5.41, 5.74) is 2.01. The predicted octanol–water partition coefficient (Wildman–Crippen LogP) is 1.28. The number of hydrogen-bond acceptors (Lipinski definition) is 5. The monoisotopic (exact) mass is 331 g/mol. The lowest BCUT2D eigenvalue weighted by molar-refractivity contribution is 0.0922. The number of nitrogens with zero attached hydrogens (tertiary/aromatic N) is 1. The van der Waals surface area contributed by atoms with E-state index in [1.807, 2.05) is 13.0 Å². The van der Waals surface area contributed by atoms with Crippen LogP contribution >= 0.6 is 0 Å². The average Bonchev–Trinajstić information content (AvgIpc) is 3.08. The Morgan fingerprint density at radius 3 is 2.79 bits per heavy atom. The minimum atomic E-state index is -0.372. The van der Waals surface area contributed by atoms with Gasteiger partial charge in [0.25, 0.3) is 11.5 Å². The van der Waals surface area contributed by atoms with Gasteiger partial charge in [0.15, 0.2) is 0 Å². The van der Waals surface area contributed by atoms with Gasteiger partial charge in [-0.2, -0.15) is 0 Å². The summed E-state index contributed by atoms with van der Waals surface area (Å²) in [5, 5.41) is 6.80. The lowest BCUT2D eigenvalue weighted by Crippen LogP contribution is -2.42. The van der Waals surface area contributed by atoms with Crippen molar-refractivity contribution in [2.24, 2.45) is 5.92 Å². The molecule has 0 unspecified atom stereocenters. The van der Waals surface area contributed by atoms with Crippen molar-refractivity contribution in [3.05, 3.63) is 50.8 Å². The number of nitrogens with one attached hydrogen (secondary N) is 2. The molecule has 0 saturated carbocycles. The zero-order valence-corrected chi connectivity index (χ0v) is 14.0. The lowest BCUT2D eigenvalue weighted by Gasteiger charge is -2.18. The molecule has 1 aliphatic rings. The van der Waals surface area contributed by atoms with E-state index in [1.165, 1.54) is 0 Å². The van der Waals surface area contributed by atoms with Crippen LogP contribution in [0.5, 0.6) is 0 Å². The Bertz CT molecular complexity index is 808. The Labute approximate surface area is 139 Å². The van der Waals surface area contributed by atoms with Crippen LogP contribution in [0.3, 0.4) is 0 Å². The molecule has 2 atom stereocenters. The number of aromatic nitrogens is 2. The molecule has 0 bridgehead atoms. The second kappa shape index (κ2) is 6.60. The van der Waals surface area contributed by atoms with Crippen molar-refractivity contribution in [3.8, 4) is 0 Å².